The van der Waals surface area contributed by atoms with E-state index in [9.17, 15) is 13.2 Å². The molecule has 1 saturated carbocycles. The fourth-order valence-electron chi connectivity index (χ4n) is 3.36. The number of anilines is 1. The van der Waals surface area contributed by atoms with E-state index in [2.05, 4.69) is 10.0 Å². The van der Waals surface area contributed by atoms with Gasteiger partial charge in [0.05, 0.1) is 7.11 Å². The number of ether oxygens (including phenoxy) is 1. The molecule has 1 fully saturated rings. The molecule has 3 rings (SSSR count). The van der Waals surface area contributed by atoms with Crippen molar-refractivity contribution in [1.82, 2.24) is 4.72 Å². The second-order valence-electron chi connectivity index (χ2n) is 6.93. The van der Waals surface area contributed by atoms with Crippen LogP contribution in [-0.2, 0) is 10.0 Å². The average molecular weight is 457 g/mol. The second kappa shape index (κ2) is 9.34. The van der Waals surface area contributed by atoms with Gasteiger partial charge in [0, 0.05) is 27.3 Å². The first-order chi connectivity index (χ1) is 13.8. The number of hydrogen-bond donors (Lipinski definition) is 2. The van der Waals surface area contributed by atoms with Crippen molar-refractivity contribution in [2.45, 2.75) is 43.0 Å². The summed E-state index contributed by atoms with van der Waals surface area (Å²) in [5.41, 5.74) is 0.582. The Kier molecular flexibility index (Phi) is 7.05. The van der Waals surface area contributed by atoms with Crippen LogP contribution in [0.15, 0.2) is 41.3 Å². The van der Waals surface area contributed by atoms with E-state index in [1.807, 2.05) is 0 Å². The van der Waals surface area contributed by atoms with Gasteiger partial charge in [0.2, 0.25) is 10.0 Å². The molecule has 0 unspecified atom stereocenters. The van der Waals surface area contributed by atoms with E-state index < -0.39 is 15.9 Å². The highest BCUT2D eigenvalue weighted by molar-refractivity contribution is 7.89. The van der Waals surface area contributed by atoms with Crippen LogP contribution in [0.2, 0.25) is 10.0 Å². The molecule has 156 valence electrons. The number of amides is 1. The standard InChI is InChI=1S/C20H22Cl2N2O4S/c1-28-18-8-7-13(20(25)23-17-11-14(21)10-15(22)12-17)9-19(18)29(26,27)24-16-5-3-2-4-6-16/h7-12,16,24H,2-6H2,1H3,(H,23,25). The summed E-state index contributed by atoms with van der Waals surface area (Å²) in [6.45, 7) is 0. The second-order valence-corrected chi connectivity index (χ2v) is 9.49. The molecule has 0 heterocycles. The Labute approximate surface area is 180 Å². The van der Waals surface area contributed by atoms with Gasteiger partial charge >= 0.3 is 0 Å². The smallest absolute Gasteiger partial charge is 0.255 e. The number of carbonyl (C=O) groups excluding carboxylic acids is 1. The predicted molar refractivity (Wildman–Crippen MR) is 115 cm³/mol. The lowest BCUT2D eigenvalue weighted by molar-refractivity contribution is 0.102. The summed E-state index contributed by atoms with van der Waals surface area (Å²) in [5, 5.41) is 3.43. The van der Waals surface area contributed by atoms with E-state index in [-0.39, 0.29) is 22.3 Å². The van der Waals surface area contributed by atoms with Gasteiger partial charge in [-0.05, 0) is 49.2 Å². The number of sulfonamides is 1. The third-order valence-electron chi connectivity index (χ3n) is 4.76. The zero-order valence-corrected chi connectivity index (χ0v) is 18.2. The average Bonchev–Trinajstić information content (AvgIpc) is 2.67. The Bertz CT molecular complexity index is 985. The maximum absolute atomic E-state index is 12.9. The molecule has 0 bridgehead atoms. The van der Waals surface area contributed by atoms with E-state index >= 15 is 0 Å². The molecule has 1 aliphatic carbocycles. The Morgan fingerprint density at radius 1 is 1.03 bits per heavy atom. The lowest BCUT2D eigenvalue weighted by Gasteiger charge is -2.23. The van der Waals surface area contributed by atoms with Gasteiger partial charge < -0.3 is 10.1 Å². The molecule has 0 spiro atoms. The van der Waals surface area contributed by atoms with Gasteiger partial charge in [-0.2, -0.15) is 0 Å². The van der Waals surface area contributed by atoms with Crippen LogP contribution in [0.3, 0.4) is 0 Å². The maximum atomic E-state index is 12.9. The lowest BCUT2D eigenvalue weighted by Crippen LogP contribution is -2.36. The minimum Gasteiger partial charge on any atom is -0.495 e. The Morgan fingerprint density at radius 3 is 2.31 bits per heavy atom. The van der Waals surface area contributed by atoms with Crippen LogP contribution in [0, 0.1) is 0 Å². The number of nitrogens with one attached hydrogen (secondary N) is 2. The SMILES string of the molecule is COc1ccc(C(=O)Nc2cc(Cl)cc(Cl)c2)cc1S(=O)(=O)NC1CCCCC1. The third kappa shape index (κ3) is 5.63. The molecular formula is C20H22Cl2N2O4S. The van der Waals surface area contributed by atoms with Crippen molar-refractivity contribution in [3.63, 3.8) is 0 Å². The monoisotopic (exact) mass is 456 g/mol. The zero-order chi connectivity index (χ0) is 21.0. The molecule has 1 amide bonds. The number of benzene rings is 2. The fourth-order valence-corrected chi connectivity index (χ4v) is 5.39. The number of rotatable bonds is 6. The van der Waals surface area contributed by atoms with Gasteiger partial charge in [0.1, 0.15) is 10.6 Å². The molecule has 0 aliphatic heterocycles. The fraction of sp³-hybridized carbons (Fsp3) is 0.350. The molecule has 2 aromatic carbocycles. The first-order valence-electron chi connectivity index (χ1n) is 9.26. The van der Waals surface area contributed by atoms with Crippen molar-refractivity contribution in [2.75, 3.05) is 12.4 Å². The summed E-state index contributed by atoms with van der Waals surface area (Å²) < 4.78 is 33.9. The molecule has 6 nitrogen and oxygen atoms in total. The number of carbonyl (C=O) groups is 1. The van der Waals surface area contributed by atoms with Gasteiger partial charge in [-0.25, -0.2) is 13.1 Å². The summed E-state index contributed by atoms with van der Waals surface area (Å²) in [6, 6.07) is 8.83. The topological polar surface area (TPSA) is 84.5 Å². The van der Waals surface area contributed by atoms with Gasteiger partial charge in [-0.15, -0.1) is 0 Å². The van der Waals surface area contributed by atoms with Crippen molar-refractivity contribution in [1.29, 1.82) is 0 Å². The number of methoxy groups -OCH3 is 1. The van der Waals surface area contributed by atoms with Crippen LogP contribution >= 0.6 is 23.2 Å². The largest absolute Gasteiger partial charge is 0.495 e. The van der Waals surface area contributed by atoms with Crippen LogP contribution in [0.5, 0.6) is 5.75 Å². The van der Waals surface area contributed by atoms with Gasteiger partial charge in [-0.3, -0.25) is 4.79 Å². The Hall–Kier alpha value is -1.80. The quantitative estimate of drug-likeness (QED) is 0.649. The molecule has 0 atom stereocenters. The normalized spacial score (nSPS) is 15.1. The van der Waals surface area contributed by atoms with E-state index in [1.54, 1.807) is 18.2 Å². The van der Waals surface area contributed by atoms with Crippen molar-refractivity contribution < 1.29 is 17.9 Å². The van der Waals surface area contributed by atoms with Crippen molar-refractivity contribution in [2.24, 2.45) is 0 Å². The molecule has 29 heavy (non-hydrogen) atoms. The molecule has 0 saturated heterocycles. The van der Waals surface area contributed by atoms with Crippen molar-refractivity contribution in [3.8, 4) is 5.75 Å². The molecular weight excluding hydrogens is 435 g/mol. The zero-order valence-electron chi connectivity index (χ0n) is 15.9. The Balaban J connectivity index is 1.86. The van der Waals surface area contributed by atoms with Gasteiger partial charge in [-0.1, -0.05) is 42.5 Å². The highest BCUT2D eigenvalue weighted by Gasteiger charge is 2.26. The van der Waals surface area contributed by atoms with Gasteiger partial charge in [0.25, 0.3) is 5.91 Å². The van der Waals surface area contributed by atoms with Crippen LogP contribution in [-0.4, -0.2) is 27.5 Å². The lowest BCUT2D eigenvalue weighted by atomic mass is 9.96. The van der Waals surface area contributed by atoms with Gasteiger partial charge in [0.15, 0.2) is 0 Å². The van der Waals surface area contributed by atoms with Crippen LogP contribution < -0.4 is 14.8 Å². The van der Waals surface area contributed by atoms with Crippen LogP contribution in [0.1, 0.15) is 42.5 Å². The molecule has 2 aromatic rings. The van der Waals surface area contributed by atoms with E-state index in [0.29, 0.717) is 15.7 Å². The highest BCUT2D eigenvalue weighted by atomic mass is 35.5. The van der Waals surface area contributed by atoms with E-state index in [1.165, 1.54) is 25.3 Å². The van der Waals surface area contributed by atoms with Crippen molar-refractivity contribution in [3.05, 3.63) is 52.0 Å². The predicted octanol–water partition coefficient (Wildman–Crippen LogP) is 4.87. The first-order valence-corrected chi connectivity index (χ1v) is 11.5. The minimum atomic E-state index is -3.84. The molecule has 9 heteroatoms. The van der Waals surface area contributed by atoms with Crippen molar-refractivity contribution >= 4 is 44.8 Å². The summed E-state index contributed by atoms with van der Waals surface area (Å²) in [4.78, 5) is 12.6. The molecule has 1 aliphatic rings. The summed E-state index contributed by atoms with van der Waals surface area (Å²) >= 11 is 11.9. The van der Waals surface area contributed by atoms with E-state index in [0.717, 1.165) is 32.1 Å². The number of hydrogen-bond acceptors (Lipinski definition) is 4. The third-order valence-corrected chi connectivity index (χ3v) is 6.74. The molecule has 0 aromatic heterocycles. The summed E-state index contributed by atoms with van der Waals surface area (Å²) in [6.07, 6.45) is 4.71. The van der Waals surface area contributed by atoms with E-state index in [4.69, 9.17) is 27.9 Å². The maximum Gasteiger partial charge on any atom is 0.255 e. The Morgan fingerprint density at radius 2 is 1.69 bits per heavy atom. The summed E-state index contributed by atoms with van der Waals surface area (Å²) in [7, 11) is -2.45. The van der Waals surface area contributed by atoms with Crippen LogP contribution in [0.25, 0.3) is 0 Å². The first kappa shape index (κ1) is 21.9. The number of halogens is 2. The molecule has 2 N–H and O–H groups in total. The van der Waals surface area contributed by atoms with Crippen LogP contribution in [0.4, 0.5) is 5.69 Å². The highest BCUT2D eigenvalue weighted by Crippen LogP contribution is 2.28. The molecule has 0 radical (unpaired) electrons. The summed E-state index contributed by atoms with van der Waals surface area (Å²) in [5.74, 6) is -0.309. The minimum absolute atomic E-state index is 0.0673.